The predicted molar refractivity (Wildman–Crippen MR) is 97.4 cm³/mol. The van der Waals surface area contributed by atoms with Crippen LogP contribution in [0, 0.1) is 0 Å². The Morgan fingerprint density at radius 2 is 1.88 bits per heavy atom. The van der Waals surface area contributed by atoms with E-state index >= 15 is 0 Å². The van der Waals surface area contributed by atoms with E-state index < -0.39 is 24.8 Å². The van der Waals surface area contributed by atoms with Crippen molar-refractivity contribution in [2.24, 2.45) is 0 Å². The lowest BCUT2D eigenvalue weighted by Crippen LogP contribution is -2.69. The molecule has 0 saturated carbocycles. The van der Waals surface area contributed by atoms with Gasteiger partial charge in [-0.2, -0.15) is 0 Å². The molecule has 26 heavy (non-hydrogen) atoms. The number of rotatable bonds is 6. The Morgan fingerprint density at radius 3 is 2.54 bits per heavy atom. The topological polar surface area (TPSA) is 57.2 Å². The van der Waals surface area contributed by atoms with Crippen LogP contribution < -0.4 is 0 Å². The minimum absolute atomic E-state index is 0.234. The van der Waals surface area contributed by atoms with Crippen LogP contribution in [-0.2, 0) is 18.9 Å². The van der Waals surface area contributed by atoms with Crippen LogP contribution in [0.5, 0.6) is 0 Å². The molecule has 0 bridgehead atoms. The summed E-state index contributed by atoms with van der Waals surface area (Å²) in [7, 11) is 6.13. The minimum atomic E-state index is -0.699. The molecule has 0 spiro atoms. The third-order valence-corrected chi connectivity index (χ3v) is 5.08. The second-order valence-corrected chi connectivity index (χ2v) is 8.04. The molecule has 0 aromatic heterocycles. The Bertz CT molecular complexity index is 561. The van der Waals surface area contributed by atoms with Gasteiger partial charge in [-0.3, -0.25) is 0 Å². The average Bonchev–Trinajstić information content (AvgIpc) is 2.61. The number of hydrogen-bond acceptors (Lipinski definition) is 5. The number of benzene rings is 1. The van der Waals surface area contributed by atoms with E-state index in [-0.39, 0.29) is 12.1 Å². The predicted octanol–water partition coefficient (Wildman–Crippen LogP) is 2.08. The number of nitrogens with zero attached hydrogens (tertiary/aromatic N) is 1. The van der Waals surface area contributed by atoms with E-state index in [0.717, 1.165) is 18.4 Å². The van der Waals surface area contributed by atoms with Gasteiger partial charge in [-0.1, -0.05) is 43.7 Å². The van der Waals surface area contributed by atoms with E-state index in [1.165, 1.54) is 0 Å². The molecule has 0 unspecified atom stereocenters. The highest BCUT2D eigenvalue weighted by Crippen LogP contribution is 2.36. The van der Waals surface area contributed by atoms with Crippen molar-refractivity contribution in [2.45, 2.75) is 56.7 Å². The van der Waals surface area contributed by atoms with Gasteiger partial charge < -0.3 is 28.5 Å². The molecule has 6 atom stereocenters. The third kappa shape index (κ3) is 4.27. The maximum atomic E-state index is 11.1. The summed E-state index contributed by atoms with van der Waals surface area (Å²) in [4.78, 5) is 0. The molecule has 0 aliphatic carbocycles. The highest BCUT2D eigenvalue weighted by atomic mass is 16.7. The monoisotopic (exact) mass is 366 g/mol. The maximum absolute atomic E-state index is 11.1. The van der Waals surface area contributed by atoms with E-state index in [0.29, 0.717) is 17.7 Å². The van der Waals surface area contributed by atoms with Crippen LogP contribution in [0.25, 0.3) is 0 Å². The highest BCUT2D eigenvalue weighted by molar-refractivity contribution is 5.16. The molecule has 6 heteroatoms. The first-order valence-electron chi connectivity index (χ1n) is 9.50. The molecule has 2 heterocycles. The summed E-state index contributed by atoms with van der Waals surface area (Å²) < 4.78 is 24.7. The van der Waals surface area contributed by atoms with Crippen molar-refractivity contribution in [1.29, 1.82) is 0 Å². The lowest BCUT2D eigenvalue weighted by atomic mass is 9.94. The van der Waals surface area contributed by atoms with Crippen LogP contribution in [0.1, 0.15) is 31.6 Å². The highest BCUT2D eigenvalue weighted by Gasteiger charge is 2.54. The van der Waals surface area contributed by atoms with E-state index in [9.17, 15) is 5.11 Å². The van der Waals surface area contributed by atoms with Gasteiger partial charge in [0.25, 0.3) is 0 Å². The van der Waals surface area contributed by atoms with Crippen molar-refractivity contribution < 1.29 is 28.5 Å². The first-order chi connectivity index (χ1) is 12.4. The van der Waals surface area contributed by atoms with Crippen molar-refractivity contribution >= 4 is 0 Å². The van der Waals surface area contributed by atoms with E-state index in [1.807, 2.05) is 51.5 Å². The summed E-state index contributed by atoms with van der Waals surface area (Å²) in [5.74, 6) is 0. The zero-order valence-electron chi connectivity index (χ0n) is 16.2. The SMILES string of the molecule is CCCCO[C@@H]1O[C@@H]2CO[C@H](c3ccccc3)O[C@@H]2[C@@H](O)[C@@H]1[N+](C)(C)C. The molecule has 1 aromatic carbocycles. The molecule has 1 N–H and O–H groups in total. The Labute approximate surface area is 156 Å². The Morgan fingerprint density at radius 1 is 1.15 bits per heavy atom. The zero-order chi connectivity index (χ0) is 18.7. The molecule has 0 amide bonds. The Hall–Kier alpha value is -1.02. The molecular formula is C20H32NO5+. The van der Waals surface area contributed by atoms with E-state index in [4.69, 9.17) is 18.9 Å². The fourth-order valence-corrected chi connectivity index (χ4v) is 3.66. The molecule has 0 radical (unpaired) electrons. The van der Waals surface area contributed by atoms with Crippen LogP contribution in [0.15, 0.2) is 30.3 Å². The Balaban J connectivity index is 1.75. The fourth-order valence-electron chi connectivity index (χ4n) is 3.66. The molecule has 2 saturated heterocycles. The molecule has 146 valence electrons. The quantitative estimate of drug-likeness (QED) is 0.617. The molecule has 2 aliphatic rings. The zero-order valence-corrected chi connectivity index (χ0v) is 16.2. The number of quaternary nitrogens is 1. The number of aliphatic hydroxyl groups is 1. The van der Waals surface area contributed by atoms with Gasteiger partial charge in [-0.05, 0) is 6.42 Å². The number of hydrogen-bond donors (Lipinski definition) is 1. The lowest BCUT2D eigenvalue weighted by molar-refractivity contribution is -0.910. The van der Waals surface area contributed by atoms with Crippen LogP contribution in [0.3, 0.4) is 0 Å². The number of likely N-dealkylation sites (N-methyl/N-ethyl adjacent to an activating group) is 1. The summed E-state index contributed by atoms with van der Waals surface area (Å²) in [6, 6.07) is 9.56. The normalized spacial score (nSPS) is 35.1. The number of unbranched alkanes of at least 4 members (excludes halogenated alkanes) is 1. The van der Waals surface area contributed by atoms with Crippen molar-refractivity contribution in [3.05, 3.63) is 35.9 Å². The van der Waals surface area contributed by atoms with Crippen molar-refractivity contribution in [2.75, 3.05) is 34.4 Å². The third-order valence-electron chi connectivity index (χ3n) is 5.08. The largest absolute Gasteiger partial charge is 0.384 e. The molecule has 2 aliphatic heterocycles. The van der Waals surface area contributed by atoms with Gasteiger partial charge >= 0.3 is 0 Å². The second kappa shape index (κ2) is 8.33. The van der Waals surface area contributed by atoms with Crippen LogP contribution in [0.4, 0.5) is 0 Å². The summed E-state index contributed by atoms with van der Waals surface area (Å²) in [6.45, 7) is 3.12. The van der Waals surface area contributed by atoms with Gasteiger partial charge in [0.2, 0.25) is 6.29 Å². The maximum Gasteiger partial charge on any atom is 0.213 e. The van der Waals surface area contributed by atoms with Gasteiger partial charge in [0.15, 0.2) is 12.3 Å². The molecule has 3 rings (SSSR count). The number of fused-ring (bicyclic) bond motifs is 1. The van der Waals surface area contributed by atoms with Gasteiger partial charge in [0.1, 0.15) is 18.3 Å². The molecular weight excluding hydrogens is 334 g/mol. The van der Waals surface area contributed by atoms with Gasteiger partial charge in [-0.15, -0.1) is 0 Å². The minimum Gasteiger partial charge on any atom is -0.384 e. The smallest absolute Gasteiger partial charge is 0.213 e. The first-order valence-corrected chi connectivity index (χ1v) is 9.50. The standard InChI is InChI=1S/C20H32NO5/c1-5-6-12-23-20-16(21(2,3)4)17(22)18-15(25-20)13-24-19(26-18)14-10-8-7-9-11-14/h7-11,15-20,22H,5-6,12-13H2,1-4H3/q+1/t15-,16+,17+,18+,19+,20-/m1/s1. The average molecular weight is 366 g/mol. The van der Waals surface area contributed by atoms with Gasteiger partial charge in [0, 0.05) is 12.2 Å². The van der Waals surface area contributed by atoms with E-state index in [2.05, 4.69) is 6.92 Å². The molecule has 1 aromatic rings. The number of ether oxygens (including phenoxy) is 4. The van der Waals surface area contributed by atoms with Crippen molar-refractivity contribution in [3.8, 4) is 0 Å². The van der Waals surface area contributed by atoms with Crippen molar-refractivity contribution in [1.82, 2.24) is 0 Å². The van der Waals surface area contributed by atoms with Gasteiger partial charge in [0.05, 0.1) is 27.7 Å². The van der Waals surface area contributed by atoms with Gasteiger partial charge in [-0.25, -0.2) is 0 Å². The summed E-state index contributed by atoms with van der Waals surface area (Å²) in [5, 5.41) is 11.1. The fraction of sp³-hybridized carbons (Fsp3) is 0.700. The first kappa shape index (κ1) is 19.7. The van der Waals surface area contributed by atoms with Crippen LogP contribution in [-0.4, -0.2) is 74.6 Å². The Kier molecular flexibility index (Phi) is 6.33. The van der Waals surface area contributed by atoms with E-state index in [1.54, 1.807) is 0 Å². The second-order valence-electron chi connectivity index (χ2n) is 8.04. The van der Waals surface area contributed by atoms with Crippen LogP contribution >= 0.6 is 0 Å². The van der Waals surface area contributed by atoms with Crippen molar-refractivity contribution in [3.63, 3.8) is 0 Å². The summed E-state index contributed by atoms with van der Waals surface area (Å²) in [6.07, 6.45) is -0.407. The summed E-state index contributed by atoms with van der Waals surface area (Å²) >= 11 is 0. The molecule has 2 fully saturated rings. The lowest BCUT2D eigenvalue weighted by Gasteiger charge is -2.51. The summed E-state index contributed by atoms with van der Waals surface area (Å²) in [5.41, 5.74) is 0.946. The van der Waals surface area contributed by atoms with Crippen LogP contribution in [0.2, 0.25) is 0 Å². The number of aliphatic hydroxyl groups excluding tert-OH is 1. The molecule has 6 nitrogen and oxygen atoms in total.